The quantitative estimate of drug-likeness (QED) is 0.740. The molecular weight excluding hydrogens is 268 g/mol. The van der Waals surface area contributed by atoms with E-state index >= 15 is 0 Å². The topological polar surface area (TPSA) is 12.0 Å². The average molecular weight is 295 g/mol. The highest BCUT2D eigenvalue weighted by Gasteiger charge is 2.24. The summed E-state index contributed by atoms with van der Waals surface area (Å²) in [5, 5.41) is 3.57. The van der Waals surface area contributed by atoms with Crippen LogP contribution in [0.4, 0.5) is 8.78 Å². The predicted molar refractivity (Wildman–Crippen MR) is 83.3 cm³/mol. The van der Waals surface area contributed by atoms with E-state index in [1.54, 1.807) is 12.1 Å². The van der Waals surface area contributed by atoms with Crippen LogP contribution in [0.5, 0.6) is 0 Å². The van der Waals surface area contributed by atoms with Gasteiger partial charge >= 0.3 is 0 Å². The summed E-state index contributed by atoms with van der Waals surface area (Å²) in [6.45, 7) is 3.08. The molecule has 2 rings (SSSR count). The van der Waals surface area contributed by atoms with Gasteiger partial charge in [-0.3, -0.25) is 0 Å². The van der Waals surface area contributed by atoms with Crippen LogP contribution in [0.1, 0.15) is 57.4 Å². The van der Waals surface area contributed by atoms with Crippen LogP contribution in [0, 0.1) is 17.6 Å². The third-order valence-corrected chi connectivity index (χ3v) is 4.60. The van der Waals surface area contributed by atoms with Crippen molar-refractivity contribution in [2.45, 2.75) is 64.3 Å². The molecule has 1 nitrogen and oxygen atoms in total. The average Bonchev–Trinajstić information content (AvgIpc) is 2.77. The minimum Gasteiger partial charge on any atom is -0.313 e. The molecule has 1 fully saturated rings. The van der Waals surface area contributed by atoms with Crippen molar-refractivity contribution in [2.75, 3.05) is 6.54 Å². The zero-order valence-electron chi connectivity index (χ0n) is 13.0. The number of hydrogen-bond donors (Lipinski definition) is 1. The minimum atomic E-state index is -0.734. The molecule has 1 aliphatic carbocycles. The summed E-state index contributed by atoms with van der Waals surface area (Å²) in [5.41, 5.74) is 0.507. The Morgan fingerprint density at radius 1 is 1.14 bits per heavy atom. The Hall–Kier alpha value is -0.960. The largest absolute Gasteiger partial charge is 0.313 e. The van der Waals surface area contributed by atoms with E-state index < -0.39 is 11.6 Å². The molecule has 1 aromatic rings. The molecule has 1 atom stereocenters. The van der Waals surface area contributed by atoms with Crippen molar-refractivity contribution in [3.8, 4) is 0 Å². The Morgan fingerprint density at radius 2 is 1.86 bits per heavy atom. The molecule has 1 N–H and O–H groups in total. The summed E-state index contributed by atoms with van der Waals surface area (Å²) in [4.78, 5) is 0. The van der Waals surface area contributed by atoms with Crippen LogP contribution in [0.25, 0.3) is 0 Å². The number of halogens is 2. The van der Waals surface area contributed by atoms with Crippen molar-refractivity contribution in [3.63, 3.8) is 0 Å². The van der Waals surface area contributed by atoms with Crippen LogP contribution in [0.3, 0.4) is 0 Å². The number of nitrogens with one attached hydrogen (secondary N) is 1. The maximum atomic E-state index is 13.9. The summed E-state index contributed by atoms with van der Waals surface area (Å²) in [6.07, 6.45) is 9.22. The molecule has 0 aromatic heterocycles. The molecule has 1 aliphatic rings. The molecule has 0 saturated heterocycles. The predicted octanol–water partition coefficient (Wildman–Crippen LogP) is 4.85. The van der Waals surface area contributed by atoms with Gasteiger partial charge in [0.05, 0.1) is 0 Å². The fourth-order valence-corrected chi connectivity index (χ4v) is 3.39. The van der Waals surface area contributed by atoms with Crippen LogP contribution in [-0.4, -0.2) is 12.6 Å². The van der Waals surface area contributed by atoms with Crippen LogP contribution in [-0.2, 0) is 6.42 Å². The first kappa shape index (κ1) is 16.4. The van der Waals surface area contributed by atoms with Crippen LogP contribution in [0.2, 0.25) is 0 Å². The number of rotatable bonds is 6. The highest BCUT2D eigenvalue weighted by Crippen LogP contribution is 2.28. The third-order valence-electron chi connectivity index (χ3n) is 4.60. The van der Waals surface area contributed by atoms with Gasteiger partial charge in [0, 0.05) is 6.04 Å². The van der Waals surface area contributed by atoms with Crippen molar-refractivity contribution in [2.24, 2.45) is 5.92 Å². The van der Waals surface area contributed by atoms with Gasteiger partial charge in [0.2, 0.25) is 0 Å². The van der Waals surface area contributed by atoms with E-state index in [0.717, 1.165) is 13.0 Å². The molecule has 0 radical (unpaired) electrons. The number of hydrogen-bond acceptors (Lipinski definition) is 1. The highest BCUT2D eigenvalue weighted by molar-refractivity contribution is 5.20. The van der Waals surface area contributed by atoms with Crippen molar-refractivity contribution in [1.29, 1.82) is 0 Å². The zero-order chi connectivity index (χ0) is 15.1. The molecule has 0 amide bonds. The lowest BCUT2D eigenvalue weighted by Crippen LogP contribution is -2.38. The number of benzene rings is 1. The molecule has 0 bridgehead atoms. The van der Waals surface area contributed by atoms with E-state index in [2.05, 4.69) is 12.2 Å². The molecule has 0 spiro atoms. The van der Waals surface area contributed by atoms with Gasteiger partial charge in [-0.1, -0.05) is 44.7 Å². The fourth-order valence-electron chi connectivity index (χ4n) is 3.39. The van der Waals surface area contributed by atoms with Crippen LogP contribution >= 0.6 is 0 Å². The minimum absolute atomic E-state index is 0.263. The SMILES string of the molecule is CCCNC(Cc1cccc(F)c1F)C1CCCCCC1. The molecule has 1 saturated carbocycles. The van der Waals surface area contributed by atoms with Crippen LogP contribution < -0.4 is 5.32 Å². The van der Waals surface area contributed by atoms with Crippen molar-refractivity contribution < 1.29 is 8.78 Å². The van der Waals surface area contributed by atoms with Gasteiger partial charge in [-0.15, -0.1) is 0 Å². The fraction of sp³-hybridized carbons (Fsp3) is 0.667. The highest BCUT2D eigenvalue weighted by atomic mass is 19.2. The van der Waals surface area contributed by atoms with Crippen molar-refractivity contribution >= 4 is 0 Å². The molecule has 0 aliphatic heterocycles. The first-order valence-corrected chi connectivity index (χ1v) is 8.38. The van der Waals surface area contributed by atoms with Crippen molar-refractivity contribution in [3.05, 3.63) is 35.4 Å². The molecule has 118 valence electrons. The maximum absolute atomic E-state index is 13.9. The van der Waals surface area contributed by atoms with E-state index in [1.165, 1.54) is 44.6 Å². The summed E-state index contributed by atoms with van der Waals surface area (Å²) in [7, 11) is 0. The van der Waals surface area contributed by atoms with E-state index in [-0.39, 0.29) is 6.04 Å². The van der Waals surface area contributed by atoms with Gasteiger partial charge in [-0.05, 0) is 49.8 Å². The first-order chi connectivity index (χ1) is 10.2. The van der Waals surface area contributed by atoms with Gasteiger partial charge < -0.3 is 5.32 Å². The molecule has 1 unspecified atom stereocenters. The summed E-state index contributed by atoms with van der Waals surface area (Å²) < 4.78 is 27.3. The zero-order valence-corrected chi connectivity index (χ0v) is 13.0. The Bertz CT molecular complexity index is 425. The Labute approximate surface area is 127 Å². The van der Waals surface area contributed by atoms with E-state index in [1.807, 2.05) is 0 Å². The van der Waals surface area contributed by atoms with Gasteiger partial charge in [-0.25, -0.2) is 8.78 Å². The summed E-state index contributed by atoms with van der Waals surface area (Å²) in [5.74, 6) is -0.821. The van der Waals surface area contributed by atoms with Crippen molar-refractivity contribution in [1.82, 2.24) is 5.32 Å². The van der Waals surface area contributed by atoms with E-state index in [9.17, 15) is 8.78 Å². The maximum Gasteiger partial charge on any atom is 0.162 e. The van der Waals surface area contributed by atoms with Gasteiger partial charge in [0.25, 0.3) is 0 Å². The third kappa shape index (κ3) is 4.77. The normalized spacial score (nSPS) is 18.4. The Kier molecular flexibility index (Phi) is 6.62. The lowest BCUT2D eigenvalue weighted by molar-refractivity contribution is 0.314. The van der Waals surface area contributed by atoms with Gasteiger partial charge in [0.15, 0.2) is 11.6 Å². The van der Waals surface area contributed by atoms with Gasteiger partial charge in [0.1, 0.15) is 0 Å². The van der Waals surface area contributed by atoms with E-state index in [0.29, 0.717) is 17.9 Å². The van der Waals surface area contributed by atoms with Crippen LogP contribution in [0.15, 0.2) is 18.2 Å². The summed E-state index contributed by atoms with van der Waals surface area (Å²) >= 11 is 0. The standard InChI is InChI=1S/C18H27F2N/c1-2-12-21-17(14-8-5-3-4-6-9-14)13-15-10-7-11-16(19)18(15)20/h7,10-11,14,17,21H,2-6,8-9,12-13H2,1H3. The van der Waals surface area contributed by atoms with Gasteiger partial charge in [-0.2, -0.15) is 0 Å². The molecular formula is C18H27F2N. The molecule has 21 heavy (non-hydrogen) atoms. The second-order valence-corrected chi connectivity index (χ2v) is 6.23. The molecule has 1 aromatic carbocycles. The molecule has 3 heteroatoms. The monoisotopic (exact) mass is 295 g/mol. The first-order valence-electron chi connectivity index (χ1n) is 8.38. The Morgan fingerprint density at radius 3 is 2.52 bits per heavy atom. The lowest BCUT2D eigenvalue weighted by Gasteiger charge is -2.27. The smallest absolute Gasteiger partial charge is 0.162 e. The second-order valence-electron chi connectivity index (χ2n) is 6.23. The lowest BCUT2D eigenvalue weighted by atomic mass is 9.87. The van der Waals surface area contributed by atoms with E-state index in [4.69, 9.17) is 0 Å². The second kappa shape index (κ2) is 8.47. The summed E-state index contributed by atoms with van der Waals surface area (Å²) in [6, 6.07) is 4.78. The Balaban J connectivity index is 2.09. The molecule has 0 heterocycles.